The van der Waals surface area contributed by atoms with Gasteiger partial charge in [-0.25, -0.2) is 4.98 Å². The molecule has 0 saturated heterocycles. The van der Waals surface area contributed by atoms with E-state index in [0.29, 0.717) is 6.61 Å². The first-order chi connectivity index (χ1) is 8.15. The lowest BCUT2D eigenvalue weighted by atomic mass is 10.1. The van der Waals surface area contributed by atoms with Gasteiger partial charge in [-0.15, -0.1) is 0 Å². The Bertz CT molecular complexity index is 328. The van der Waals surface area contributed by atoms with Crippen LogP contribution in [-0.4, -0.2) is 43.7 Å². The lowest BCUT2D eigenvalue weighted by Crippen LogP contribution is -2.22. The van der Waals surface area contributed by atoms with Crippen LogP contribution in [0.4, 0.5) is 0 Å². The van der Waals surface area contributed by atoms with Gasteiger partial charge >= 0.3 is 0 Å². The number of rotatable bonds is 7. The van der Waals surface area contributed by atoms with Gasteiger partial charge in [-0.2, -0.15) is 0 Å². The fraction of sp³-hybridized carbons (Fsp3) is 0.615. The van der Waals surface area contributed by atoms with Crippen molar-refractivity contribution in [3.8, 4) is 5.88 Å². The second-order valence-corrected chi connectivity index (χ2v) is 4.33. The molecule has 4 heteroatoms. The maximum atomic E-state index is 5.72. The molecule has 0 aliphatic heterocycles. The van der Waals surface area contributed by atoms with Crippen molar-refractivity contribution in [3.63, 3.8) is 0 Å². The van der Waals surface area contributed by atoms with Crippen LogP contribution in [0, 0.1) is 0 Å². The summed E-state index contributed by atoms with van der Waals surface area (Å²) in [5, 5.41) is 3.37. The van der Waals surface area contributed by atoms with Crippen LogP contribution in [0.2, 0.25) is 0 Å². The molecule has 1 aromatic heterocycles. The highest BCUT2D eigenvalue weighted by Crippen LogP contribution is 2.21. The second-order valence-electron chi connectivity index (χ2n) is 4.33. The van der Waals surface area contributed by atoms with Crippen LogP contribution < -0.4 is 10.1 Å². The fourth-order valence-electron chi connectivity index (χ4n) is 1.59. The molecule has 4 nitrogen and oxygen atoms in total. The van der Waals surface area contributed by atoms with E-state index in [1.54, 1.807) is 6.20 Å². The molecular formula is C13H23N3O. The molecule has 0 saturated carbocycles. The number of aromatic nitrogens is 1. The monoisotopic (exact) mass is 237 g/mol. The summed E-state index contributed by atoms with van der Waals surface area (Å²) >= 11 is 0. The molecule has 1 unspecified atom stereocenters. The second kappa shape index (κ2) is 7.25. The van der Waals surface area contributed by atoms with Gasteiger partial charge in [-0.3, -0.25) is 0 Å². The highest BCUT2D eigenvalue weighted by Gasteiger charge is 2.11. The molecular weight excluding hydrogens is 214 g/mol. The van der Waals surface area contributed by atoms with E-state index in [0.717, 1.165) is 24.5 Å². The number of pyridine rings is 1. The molecule has 0 aliphatic carbocycles. The molecule has 1 atom stereocenters. The van der Waals surface area contributed by atoms with Crippen molar-refractivity contribution in [2.75, 3.05) is 33.8 Å². The quantitative estimate of drug-likeness (QED) is 0.783. The molecule has 17 heavy (non-hydrogen) atoms. The number of nitrogens with one attached hydrogen (secondary N) is 1. The maximum absolute atomic E-state index is 5.72. The number of ether oxygens (including phenoxy) is 1. The van der Waals surface area contributed by atoms with Gasteiger partial charge in [0.05, 0.1) is 0 Å². The maximum Gasteiger partial charge on any atom is 0.218 e. The molecule has 1 rings (SSSR count). The number of hydrogen-bond donors (Lipinski definition) is 1. The summed E-state index contributed by atoms with van der Waals surface area (Å²) in [5.74, 6) is 0.739. The Morgan fingerprint density at radius 3 is 2.88 bits per heavy atom. The van der Waals surface area contributed by atoms with Crippen molar-refractivity contribution >= 4 is 0 Å². The van der Waals surface area contributed by atoms with E-state index in [1.807, 2.05) is 20.2 Å². The first-order valence-electron chi connectivity index (χ1n) is 6.11. The van der Waals surface area contributed by atoms with Gasteiger partial charge in [0.25, 0.3) is 0 Å². The molecule has 0 amide bonds. The van der Waals surface area contributed by atoms with Crippen LogP contribution in [0.25, 0.3) is 0 Å². The summed E-state index contributed by atoms with van der Waals surface area (Å²) < 4.78 is 5.72. The number of nitrogens with zero attached hydrogens (tertiary/aromatic N) is 2. The zero-order valence-corrected chi connectivity index (χ0v) is 11.2. The average molecular weight is 237 g/mol. The molecule has 0 radical (unpaired) electrons. The highest BCUT2D eigenvalue weighted by molar-refractivity contribution is 5.28. The molecule has 0 aliphatic rings. The van der Waals surface area contributed by atoms with Crippen LogP contribution in [0.1, 0.15) is 25.5 Å². The molecule has 0 fully saturated rings. The van der Waals surface area contributed by atoms with E-state index in [2.05, 4.69) is 35.1 Å². The van der Waals surface area contributed by atoms with Gasteiger partial charge in [-0.1, -0.05) is 13.0 Å². The van der Waals surface area contributed by atoms with Crippen molar-refractivity contribution in [3.05, 3.63) is 23.9 Å². The molecule has 96 valence electrons. The normalized spacial score (nSPS) is 12.8. The van der Waals surface area contributed by atoms with Crippen molar-refractivity contribution in [2.24, 2.45) is 0 Å². The molecule has 1 aromatic rings. The Balaban J connectivity index is 2.63. The molecule has 0 spiro atoms. The zero-order chi connectivity index (χ0) is 12.7. The van der Waals surface area contributed by atoms with Crippen LogP contribution in [0.15, 0.2) is 18.3 Å². The Labute approximate surface area is 104 Å². The predicted octanol–water partition coefficient (Wildman–Crippen LogP) is 1.69. The van der Waals surface area contributed by atoms with Crippen LogP contribution in [-0.2, 0) is 0 Å². The minimum atomic E-state index is 0.267. The third-order valence-electron chi connectivity index (χ3n) is 2.55. The van der Waals surface area contributed by atoms with Crippen molar-refractivity contribution in [2.45, 2.75) is 19.9 Å². The topological polar surface area (TPSA) is 37.4 Å². The Hall–Kier alpha value is -1.13. The summed E-state index contributed by atoms with van der Waals surface area (Å²) in [6.45, 7) is 6.72. The fourth-order valence-corrected chi connectivity index (χ4v) is 1.59. The van der Waals surface area contributed by atoms with E-state index in [9.17, 15) is 0 Å². The Morgan fingerprint density at radius 2 is 2.24 bits per heavy atom. The first kappa shape index (κ1) is 13.9. The lowest BCUT2D eigenvalue weighted by molar-refractivity contribution is 0.250. The summed E-state index contributed by atoms with van der Waals surface area (Å²) in [6.07, 6.45) is 1.77. The molecule has 1 N–H and O–H groups in total. The van der Waals surface area contributed by atoms with Gasteiger partial charge in [-0.05, 0) is 33.6 Å². The van der Waals surface area contributed by atoms with Gasteiger partial charge in [0.15, 0.2) is 0 Å². The van der Waals surface area contributed by atoms with E-state index >= 15 is 0 Å². The minimum absolute atomic E-state index is 0.267. The van der Waals surface area contributed by atoms with Gasteiger partial charge in [0.1, 0.15) is 6.61 Å². The van der Waals surface area contributed by atoms with Crippen LogP contribution >= 0.6 is 0 Å². The Morgan fingerprint density at radius 1 is 1.47 bits per heavy atom. The number of likely N-dealkylation sites (N-methyl/N-ethyl adjacent to an activating group) is 1. The smallest absolute Gasteiger partial charge is 0.218 e. The van der Waals surface area contributed by atoms with Crippen LogP contribution in [0.5, 0.6) is 5.88 Å². The van der Waals surface area contributed by atoms with Crippen LogP contribution in [0.3, 0.4) is 0 Å². The lowest BCUT2D eigenvalue weighted by Gasteiger charge is -2.17. The summed E-state index contributed by atoms with van der Waals surface area (Å²) in [7, 11) is 4.06. The first-order valence-corrected chi connectivity index (χ1v) is 6.11. The third-order valence-corrected chi connectivity index (χ3v) is 2.55. The average Bonchev–Trinajstić information content (AvgIpc) is 2.29. The van der Waals surface area contributed by atoms with Gasteiger partial charge in [0.2, 0.25) is 5.88 Å². The SMILES string of the molecule is CCNC(C)c1cccnc1OCCN(C)C. The minimum Gasteiger partial charge on any atom is -0.476 e. The van der Waals surface area contributed by atoms with E-state index < -0.39 is 0 Å². The Kier molecular flexibility index (Phi) is 5.94. The predicted molar refractivity (Wildman–Crippen MR) is 70.4 cm³/mol. The summed E-state index contributed by atoms with van der Waals surface area (Å²) in [5.41, 5.74) is 1.12. The van der Waals surface area contributed by atoms with Crippen molar-refractivity contribution in [1.29, 1.82) is 0 Å². The summed E-state index contributed by atoms with van der Waals surface area (Å²) in [6, 6.07) is 4.27. The largest absolute Gasteiger partial charge is 0.476 e. The van der Waals surface area contributed by atoms with E-state index in [-0.39, 0.29) is 6.04 Å². The van der Waals surface area contributed by atoms with Crippen molar-refractivity contribution < 1.29 is 4.74 Å². The molecule has 0 bridgehead atoms. The van der Waals surface area contributed by atoms with Gasteiger partial charge in [0, 0.05) is 24.3 Å². The van der Waals surface area contributed by atoms with E-state index in [4.69, 9.17) is 4.74 Å². The van der Waals surface area contributed by atoms with Crippen molar-refractivity contribution in [1.82, 2.24) is 15.2 Å². The highest BCUT2D eigenvalue weighted by atomic mass is 16.5. The standard InChI is InChI=1S/C13H23N3O/c1-5-14-11(2)12-7-6-8-15-13(12)17-10-9-16(3)4/h6-8,11,14H,5,9-10H2,1-4H3. The molecule has 0 aromatic carbocycles. The van der Waals surface area contributed by atoms with Gasteiger partial charge < -0.3 is 15.0 Å². The number of hydrogen-bond acceptors (Lipinski definition) is 4. The third kappa shape index (κ3) is 4.71. The molecule has 1 heterocycles. The van der Waals surface area contributed by atoms with E-state index in [1.165, 1.54) is 0 Å². The summed E-state index contributed by atoms with van der Waals surface area (Å²) in [4.78, 5) is 6.39. The zero-order valence-electron chi connectivity index (χ0n) is 11.2.